The number of hydrogen-bond donors (Lipinski definition) is 0. The minimum absolute atomic E-state index is 0.0999. The van der Waals surface area contributed by atoms with E-state index in [2.05, 4.69) is 5.16 Å². The SMILES string of the molecule is CCN(C(=O)Cc1noc2ccccc12)c1cc(Cl)ccc1OC. The number of fused-ring (bicyclic) bond motifs is 1. The zero-order valence-corrected chi connectivity index (χ0v) is 14.2. The average Bonchev–Trinajstić information content (AvgIpc) is 2.99. The number of hydrogen-bond acceptors (Lipinski definition) is 4. The van der Waals surface area contributed by atoms with E-state index in [1.54, 1.807) is 30.2 Å². The Morgan fingerprint density at radius 1 is 1.29 bits per heavy atom. The summed E-state index contributed by atoms with van der Waals surface area (Å²) < 4.78 is 10.6. The molecule has 6 heteroatoms. The quantitative estimate of drug-likeness (QED) is 0.699. The van der Waals surface area contributed by atoms with Gasteiger partial charge in [-0.1, -0.05) is 28.9 Å². The van der Waals surface area contributed by atoms with Gasteiger partial charge in [-0.25, -0.2) is 0 Å². The minimum Gasteiger partial charge on any atom is -0.495 e. The third-order valence-electron chi connectivity index (χ3n) is 3.82. The Morgan fingerprint density at radius 2 is 2.08 bits per heavy atom. The number of rotatable bonds is 5. The number of carbonyl (C=O) groups is 1. The van der Waals surface area contributed by atoms with Crippen molar-refractivity contribution in [1.29, 1.82) is 0 Å². The highest BCUT2D eigenvalue weighted by Crippen LogP contribution is 2.32. The summed E-state index contributed by atoms with van der Waals surface area (Å²) in [6.07, 6.45) is 0.139. The number of nitrogens with zero attached hydrogens (tertiary/aromatic N) is 2. The molecule has 0 N–H and O–H groups in total. The molecular weight excluding hydrogens is 328 g/mol. The predicted molar refractivity (Wildman–Crippen MR) is 93.7 cm³/mol. The van der Waals surface area contributed by atoms with E-state index in [4.69, 9.17) is 20.9 Å². The maximum atomic E-state index is 12.8. The summed E-state index contributed by atoms with van der Waals surface area (Å²) in [5.74, 6) is 0.497. The van der Waals surface area contributed by atoms with Crippen LogP contribution in [0.1, 0.15) is 12.6 Å². The van der Waals surface area contributed by atoms with Gasteiger partial charge < -0.3 is 14.2 Å². The van der Waals surface area contributed by atoms with Gasteiger partial charge in [-0.05, 0) is 37.3 Å². The number of carbonyl (C=O) groups excluding carboxylic acids is 1. The van der Waals surface area contributed by atoms with Crippen LogP contribution >= 0.6 is 11.6 Å². The van der Waals surface area contributed by atoms with Gasteiger partial charge in [-0.15, -0.1) is 0 Å². The van der Waals surface area contributed by atoms with Gasteiger partial charge in [0.15, 0.2) is 5.58 Å². The van der Waals surface area contributed by atoms with Gasteiger partial charge in [0, 0.05) is 17.0 Å². The summed E-state index contributed by atoms with van der Waals surface area (Å²) >= 11 is 6.08. The zero-order valence-electron chi connectivity index (χ0n) is 13.5. The highest BCUT2D eigenvalue weighted by Gasteiger charge is 2.21. The summed E-state index contributed by atoms with van der Waals surface area (Å²) in [7, 11) is 1.57. The van der Waals surface area contributed by atoms with Crippen LogP contribution < -0.4 is 9.64 Å². The molecule has 0 atom stereocenters. The van der Waals surface area contributed by atoms with E-state index in [1.807, 2.05) is 31.2 Å². The summed E-state index contributed by atoms with van der Waals surface area (Å²) in [5, 5.41) is 5.42. The van der Waals surface area contributed by atoms with Gasteiger partial charge in [0.2, 0.25) is 5.91 Å². The summed E-state index contributed by atoms with van der Waals surface area (Å²) in [5.41, 5.74) is 1.93. The Hall–Kier alpha value is -2.53. The van der Waals surface area contributed by atoms with E-state index in [-0.39, 0.29) is 12.3 Å². The smallest absolute Gasteiger partial charge is 0.233 e. The molecule has 5 nitrogen and oxygen atoms in total. The van der Waals surface area contributed by atoms with Crippen molar-refractivity contribution in [2.45, 2.75) is 13.3 Å². The zero-order chi connectivity index (χ0) is 17.1. The Morgan fingerprint density at radius 3 is 2.83 bits per heavy atom. The lowest BCUT2D eigenvalue weighted by atomic mass is 10.1. The third kappa shape index (κ3) is 3.08. The van der Waals surface area contributed by atoms with Crippen LogP contribution in [0.3, 0.4) is 0 Å². The second kappa shape index (κ2) is 6.93. The van der Waals surface area contributed by atoms with Crippen LogP contribution in [0.2, 0.25) is 5.02 Å². The van der Waals surface area contributed by atoms with Gasteiger partial charge in [0.05, 0.1) is 19.2 Å². The fraction of sp³-hybridized carbons (Fsp3) is 0.222. The van der Waals surface area contributed by atoms with Crippen LogP contribution in [0.15, 0.2) is 47.0 Å². The van der Waals surface area contributed by atoms with Crippen molar-refractivity contribution in [3.05, 3.63) is 53.2 Å². The Labute approximate surface area is 144 Å². The number of anilines is 1. The summed E-state index contributed by atoms with van der Waals surface area (Å²) in [4.78, 5) is 14.4. The first-order valence-electron chi connectivity index (χ1n) is 7.61. The molecule has 0 unspecified atom stereocenters. The van der Waals surface area contributed by atoms with Gasteiger partial charge in [0.25, 0.3) is 0 Å². The number of ether oxygens (including phenoxy) is 1. The molecule has 0 bridgehead atoms. The van der Waals surface area contributed by atoms with Crippen LogP contribution in [0, 0.1) is 0 Å². The number of benzene rings is 2. The lowest BCUT2D eigenvalue weighted by Crippen LogP contribution is -2.32. The Kier molecular flexibility index (Phi) is 4.71. The molecule has 0 aliphatic carbocycles. The maximum Gasteiger partial charge on any atom is 0.233 e. The number of aromatic nitrogens is 1. The molecule has 0 spiro atoms. The second-order valence-corrected chi connectivity index (χ2v) is 5.69. The monoisotopic (exact) mass is 344 g/mol. The van der Waals surface area contributed by atoms with Crippen molar-refractivity contribution in [2.75, 3.05) is 18.6 Å². The number of halogens is 1. The molecule has 0 aliphatic rings. The molecule has 0 saturated carbocycles. The van der Waals surface area contributed by atoms with Crippen LogP contribution in [0.5, 0.6) is 5.75 Å². The molecule has 0 radical (unpaired) electrons. The minimum atomic E-state index is -0.0999. The lowest BCUT2D eigenvalue weighted by Gasteiger charge is -2.23. The third-order valence-corrected chi connectivity index (χ3v) is 4.05. The first kappa shape index (κ1) is 16.3. The molecule has 124 valence electrons. The van der Waals surface area contributed by atoms with Crippen LogP contribution in [-0.2, 0) is 11.2 Å². The fourth-order valence-electron chi connectivity index (χ4n) is 2.66. The molecule has 1 heterocycles. The van der Waals surface area contributed by atoms with E-state index >= 15 is 0 Å². The van der Waals surface area contributed by atoms with Gasteiger partial charge >= 0.3 is 0 Å². The van der Waals surface area contributed by atoms with E-state index < -0.39 is 0 Å². The van der Waals surface area contributed by atoms with Crippen molar-refractivity contribution in [2.24, 2.45) is 0 Å². The highest BCUT2D eigenvalue weighted by molar-refractivity contribution is 6.31. The standard InChI is InChI=1S/C18H17ClN2O3/c1-3-21(15-10-12(19)8-9-17(15)23-2)18(22)11-14-13-6-4-5-7-16(13)24-20-14/h4-10H,3,11H2,1-2H3. The molecule has 2 aromatic carbocycles. The van der Waals surface area contributed by atoms with Gasteiger partial charge in [-0.3, -0.25) is 4.79 Å². The average molecular weight is 345 g/mol. The number of amides is 1. The number of likely N-dealkylation sites (N-methyl/N-ethyl adjacent to an activating group) is 1. The molecule has 1 amide bonds. The van der Waals surface area contributed by atoms with E-state index in [1.165, 1.54) is 0 Å². The van der Waals surface area contributed by atoms with Crippen LogP contribution in [-0.4, -0.2) is 24.7 Å². The molecule has 0 saturated heterocycles. The number of methoxy groups -OCH3 is 1. The maximum absolute atomic E-state index is 12.8. The highest BCUT2D eigenvalue weighted by atomic mass is 35.5. The lowest BCUT2D eigenvalue weighted by molar-refractivity contribution is -0.118. The van der Waals surface area contributed by atoms with E-state index in [9.17, 15) is 4.79 Å². The molecule has 3 aromatic rings. The largest absolute Gasteiger partial charge is 0.495 e. The van der Waals surface area contributed by atoms with E-state index in [0.29, 0.717) is 34.3 Å². The summed E-state index contributed by atoms with van der Waals surface area (Å²) in [6.45, 7) is 2.39. The van der Waals surface area contributed by atoms with Gasteiger partial charge in [0.1, 0.15) is 11.4 Å². The molecule has 24 heavy (non-hydrogen) atoms. The van der Waals surface area contributed by atoms with Crippen molar-refractivity contribution in [3.63, 3.8) is 0 Å². The first-order valence-corrected chi connectivity index (χ1v) is 7.99. The Balaban J connectivity index is 1.91. The van der Waals surface area contributed by atoms with Crippen molar-refractivity contribution in [3.8, 4) is 5.75 Å². The van der Waals surface area contributed by atoms with Crippen LogP contribution in [0.4, 0.5) is 5.69 Å². The molecule has 3 rings (SSSR count). The predicted octanol–water partition coefficient (Wildman–Crippen LogP) is 4.09. The van der Waals surface area contributed by atoms with Gasteiger partial charge in [-0.2, -0.15) is 0 Å². The Bertz CT molecular complexity index is 876. The van der Waals surface area contributed by atoms with E-state index in [0.717, 1.165) is 5.39 Å². The van der Waals surface area contributed by atoms with Crippen molar-refractivity contribution >= 4 is 34.2 Å². The molecular formula is C18H17ClN2O3. The van der Waals surface area contributed by atoms with Crippen molar-refractivity contribution in [1.82, 2.24) is 5.16 Å². The first-order chi connectivity index (χ1) is 11.6. The fourth-order valence-corrected chi connectivity index (χ4v) is 2.83. The number of para-hydroxylation sites is 1. The van der Waals surface area contributed by atoms with Crippen molar-refractivity contribution < 1.29 is 14.1 Å². The normalized spacial score (nSPS) is 10.8. The topological polar surface area (TPSA) is 55.6 Å². The second-order valence-electron chi connectivity index (χ2n) is 5.26. The summed E-state index contributed by atoms with van der Waals surface area (Å²) in [6, 6.07) is 12.7. The molecule has 0 fully saturated rings. The molecule has 1 aromatic heterocycles. The van der Waals surface area contributed by atoms with Crippen LogP contribution in [0.25, 0.3) is 11.0 Å². The molecule has 0 aliphatic heterocycles.